The van der Waals surface area contributed by atoms with Crippen LogP contribution in [0.5, 0.6) is 11.6 Å². The van der Waals surface area contributed by atoms with Gasteiger partial charge in [-0.05, 0) is 29.3 Å². The largest absolute Gasteiger partial charge is 0.497 e. The Labute approximate surface area is 165 Å². The number of hydrogen-bond donors (Lipinski definition) is 1. The molecule has 0 radical (unpaired) electrons. The first-order valence-corrected chi connectivity index (χ1v) is 9.40. The maximum atomic E-state index is 5.87. The highest BCUT2D eigenvalue weighted by Gasteiger charge is 2.16. The maximum absolute atomic E-state index is 5.87. The van der Waals surface area contributed by atoms with Crippen LogP contribution < -0.4 is 14.8 Å². The number of nitrogens with one attached hydrogen (secondary N) is 1. The predicted molar refractivity (Wildman–Crippen MR) is 108 cm³/mol. The second kappa shape index (κ2) is 8.71. The third-order valence-electron chi connectivity index (χ3n) is 4.78. The lowest BCUT2D eigenvalue weighted by Crippen LogP contribution is -2.25. The monoisotopic (exact) mass is 376 g/mol. The topological polar surface area (TPSA) is 59.5 Å². The van der Waals surface area contributed by atoms with Crippen molar-refractivity contribution < 1.29 is 9.47 Å². The minimum absolute atomic E-state index is 0.461. The van der Waals surface area contributed by atoms with Gasteiger partial charge in [0.25, 0.3) is 0 Å². The summed E-state index contributed by atoms with van der Waals surface area (Å²) in [6, 6.07) is 14.2. The fraction of sp³-hybridized carbons (Fsp3) is 0.273. The van der Waals surface area contributed by atoms with E-state index in [0.29, 0.717) is 12.5 Å². The second-order valence-corrected chi connectivity index (χ2v) is 6.82. The van der Waals surface area contributed by atoms with Crippen molar-refractivity contribution in [3.8, 4) is 11.6 Å². The third kappa shape index (κ3) is 4.58. The van der Waals surface area contributed by atoms with Gasteiger partial charge in [-0.3, -0.25) is 9.88 Å². The maximum Gasteiger partial charge on any atom is 0.213 e. The van der Waals surface area contributed by atoms with Crippen molar-refractivity contribution in [1.29, 1.82) is 0 Å². The summed E-state index contributed by atoms with van der Waals surface area (Å²) in [6.07, 6.45) is 5.43. The molecule has 4 rings (SSSR count). The molecule has 144 valence electrons. The summed E-state index contributed by atoms with van der Waals surface area (Å²) in [5.74, 6) is 1.52. The Bertz CT molecular complexity index is 900. The number of hydrogen-bond acceptors (Lipinski definition) is 6. The molecule has 2 aromatic heterocycles. The van der Waals surface area contributed by atoms with Gasteiger partial charge in [0.15, 0.2) is 0 Å². The van der Waals surface area contributed by atoms with E-state index in [1.807, 2.05) is 42.7 Å². The number of anilines is 1. The lowest BCUT2D eigenvalue weighted by atomic mass is 10.1. The number of benzene rings is 1. The first kappa shape index (κ1) is 18.3. The number of rotatable bonds is 6. The van der Waals surface area contributed by atoms with Crippen LogP contribution in [0.15, 0.2) is 61.1 Å². The van der Waals surface area contributed by atoms with Crippen molar-refractivity contribution in [1.82, 2.24) is 14.9 Å². The van der Waals surface area contributed by atoms with Crippen LogP contribution in [0.2, 0.25) is 0 Å². The molecule has 1 aliphatic rings. The fourth-order valence-electron chi connectivity index (χ4n) is 3.28. The molecule has 0 spiro atoms. The Hall–Kier alpha value is -3.12. The van der Waals surface area contributed by atoms with Crippen LogP contribution in [0.1, 0.15) is 16.7 Å². The van der Waals surface area contributed by atoms with E-state index < -0.39 is 0 Å². The first-order valence-electron chi connectivity index (χ1n) is 9.40. The quantitative estimate of drug-likeness (QED) is 0.711. The summed E-state index contributed by atoms with van der Waals surface area (Å²) in [7, 11) is 1.69. The van der Waals surface area contributed by atoms with Gasteiger partial charge in [0.05, 0.1) is 19.0 Å². The summed E-state index contributed by atoms with van der Waals surface area (Å²) >= 11 is 0. The normalized spacial score (nSPS) is 13.9. The Morgan fingerprint density at radius 2 is 2.00 bits per heavy atom. The Balaban J connectivity index is 1.43. The van der Waals surface area contributed by atoms with Crippen molar-refractivity contribution in [3.63, 3.8) is 0 Å². The predicted octanol–water partition coefficient (Wildman–Crippen LogP) is 3.49. The molecule has 1 N–H and O–H groups in total. The van der Waals surface area contributed by atoms with E-state index >= 15 is 0 Å². The number of aromatic nitrogens is 2. The minimum atomic E-state index is 0.461. The summed E-state index contributed by atoms with van der Waals surface area (Å²) in [4.78, 5) is 11.0. The van der Waals surface area contributed by atoms with Crippen molar-refractivity contribution >= 4 is 5.69 Å². The fourth-order valence-corrected chi connectivity index (χ4v) is 3.28. The van der Waals surface area contributed by atoms with E-state index in [4.69, 9.17) is 9.47 Å². The first-order chi connectivity index (χ1) is 13.8. The van der Waals surface area contributed by atoms with Crippen LogP contribution >= 0.6 is 0 Å². The van der Waals surface area contributed by atoms with Crippen molar-refractivity contribution in [2.45, 2.75) is 19.7 Å². The molecule has 3 aromatic rings. The van der Waals surface area contributed by atoms with Gasteiger partial charge >= 0.3 is 0 Å². The van der Waals surface area contributed by atoms with E-state index in [-0.39, 0.29) is 0 Å². The van der Waals surface area contributed by atoms with E-state index in [0.717, 1.165) is 43.2 Å². The molecular formula is C22H24N4O2. The zero-order chi connectivity index (χ0) is 19.2. The molecule has 6 nitrogen and oxygen atoms in total. The van der Waals surface area contributed by atoms with E-state index in [1.54, 1.807) is 13.3 Å². The average Bonchev–Trinajstić information content (AvgIpc) is 2.94. The lowest BCUT2D eigenvalue weighted by molar-refractivity contribution is 0.269. The number of pyridine rings is 2. The number of methoxy groups -OCH3 is 1. The lowest BCUT2D eigenvalue weighted by Gasteiger charge is -2.20. The highest BCUT2D eigenvalue weighted by molar-refractivity contribution is 5.51. The molecule has 28 heavy (non-hydrogen) atoms. The number of ether oxygens (including phenoxy) is 2. The third-order valence-corrected chi connectivity index (χ3v) is 4.78. The van der Waals surface area contributed by atoms with Crippen LogP contribution in [-0.4, -0.2) is 35.1 Å². The van der Waals surface area contributed by atoms with Crippen LogP contribution in [0.4, 0.5) is 5.69 Å². The molecule has 0 saturated heterocycles. The smallest absolute Gasteiger partial charge is 0.213 e. The molecule has 0 aliphatic carbocycles. The van der Waals surface area contributed by atoms with Crippen LogP contribution in [0, 0.1) is 0 Å². The van der Waals surface area contributed by atoms with Gasteiger partial charge in [-0.25, -0.2) is 4.98 Å². The van der Waals surface area contributed by atoms with Crippen molar-refractivity contribution in [3.05, 3.63) is 77.7 Å². The zero-order valence-corrected chi connectivity index (χ0v) is 16.0. The molecule has 1 aliphatic heterocycles. The average molecular weight is 376 g/mol. The van der Waals surface area contributed by atoms with Gasteiger partial charge in [0.1, 0.15) is 12.4 Å². The van der Waals surface area contributed by atoms with Crippen LogP contribution in [0.25, 0.3) is 0 Å². The SMILES string of the molecule is COc1ccc(CN2CCNc3cnc(OCc4cccnc4)cc3C2)cc1. The molecular weight excluding hydrogens is 352 g/mol. The Morgan fingerprint density at radius 3 is 2.79 bits per heavy atom. The van der Waals surface area contributed by atoms with Gasteiger partial charge in [0, 0.05) is 50.2 Å². The van der Waals surface area contributed by atoms with Crippen LogP contribution in [-0.2, 0) is 19.7 Å². The van der Waals surface area contributed by atoms with Gasteiger partial charge < -0.3 is 14.8 Å². The second-order valence-electron chi connectivity index (χ2n) is 6.82. The van der Waals surface area contributed by atoms with E-state index in [1.165, 1.54) is 11.1 Å². The van der Waals surface area contributed by atoms with E-state index in [9.17, 15) is 0 Å². The Morgan fingerprint density at radius 1 is 1.11 bits per heavy atom. The molecule has 0 atom stereocenters. The molecule has 0 fully saturated rings. The van der Waals surface area contributed by atoms with Gasteiger partial charge in [-0.1, -0.05) is 18.2 Å². The molecule has 0 bridgehead atoms. The molecule has 0 unspecified atom stereocenters. The summed E-state index contributed by atoms with van der Waals surface area (Å²) in [5, 5.41) is 3.47. The highest BCUT2D eigenvalue weighted by atomic mass is 16.5. The minimum Gasteiger partial charge on any atom is -0.497 e. The van der Waals surface area contributed by atoms with E-state index in [2.05, 4.69) is 32.3 Å². The molecule has 0 saturated carbocycles. The Kier molecular flexibility index (Phi) is 5.68. The van der Waals surface area contributed by atoms with Gasteiger partial charge in [-0.15, -0.1) is 0 Å². The van der Waals surface area contributed by atoms with Gasteiger partial charge in [-0.2, -0.15) is 0 Å². The summed E-state index contributed by atoms with van der Waals surface area (Å²) in [6.45, 7) is 4.05. The van der Waals surface area contributed by atoms with Gasteiger partial charge in [0.2, 0.25) is 5.88 Å². The van der Waals surface area contributed by atoms with Crippen LogP contribution in [0.3, 0.4) is 0 Å². The molecule has 0 amide bonds. The zero-order valence-electron chi connectivity index (χ0n) is 16.0. The van der Waals surface area contributed by atoms with Crippen molar-refractivity contribution in [2.24, 2.45) is 0 Å². The number of nitrogens with zero attached hydrogens (tertiary/aromatic N) is 3. The summed E-state index contributed by atoms with van der Waals surface area (Å²) in [5.41, 5.74) is 4.57. The highest BCUT2D eigenvalue weighted by Crippen LogP contribution is 2.25. The number of fused-ring (bicyclic) bond motifs is 1. The summed E-state index contributed by atoms with van der Waals surface area (Å²) < 4.78 is 11.1. The molecule has 1 aromatic carbocycles. The van der Waals surface area contributed by atoms with Crippen molar-refractivity contribution in [2.75, 3.05) is 25.5 Å². The molecule has 3 heterocycles. The standard InChI is InChI=1S/C22H24N4O2/c1-27-20-6-4-17(5-7-20)14-26-10-9-24-21-13-25-22(11-19(21)15-26)28-16-18-3-2-8-23-12-18/h2-8,11-13,24H,9-10,14-16H2,1H3. The molecule has 6 heteroatoms.